The van der Waals surface area contributed by atoms with Gasteiger partial charge in [0.2, 0.25) is 0 Å². The Morgan fingerprint density at radius 1 is 1.36 bits per heavy atom. The van der Waals surface area contributed by atoms with E-state index in [4.69, 9.17) is 4.74 Å². The number of ether oxygens (including phenoxy) is 1. The fourth-order valence-electron chi connectivity index (χ4n) is 2.26. The lowest BCUT2D eigenvalue weighted by Gasteiger charge is -2.34. The van der Waals surface area contributed by atoms with Crippen molar-refractivity contribution in [1.82, 2.24) is 5.32 Å². The number of rotatable bonds is 1. The molecule has 0 bridgehead atoms. The van der Waals surface area contributed by atoms with Crippen molar-refractivity contribution in [3.63, 3.8) is 0 Å². The lowest BCUT2D eigenvalue weighted by Crippen LogP contribution is -2.38. The van der Waals surface area contributed by atoms with Crippen LogP contribution in [0.4, 0.5) is 0 Å². The molecule has 0 spiro atoms. The van der Waals surface area contributed by atoms with Crippen molar-refractivity contribution in [3.05, 3.63) is 29.3 Å². The van der Waals surface area contributed by atoms with Gasteiger partial charge in [-0.3, -0.25) is 0 Å². The smallest absolute Gasteiger partial charge is 0.122 e. The van der Waals surface area contributed by atoms with E-state index in [-0.39, 0.29) is 5.41 Å². The first-order valence-corrected chi connectivity index (χ1v) is 5.02. The van der Waals surface area contributed by atoms with Crippen LogP contribution >= 0.6 is 0 Å². The Hall–Kier alpha value is -1.02. The molecule has 0 atom stereocenters. The zero-order valence-electron chi connectivity index (χ0n) is 9.05. The van der Waals surface area contributed by atoms with Crippen LogP contribution < -0.4 is 10.1 Å². The van der Waals surface area contributed by atoms with Gasteiger partial charge in [0.05, 0.1) is 7.11 Å². The zero-order chi connectivity index (χ0) is 10.2. The normalized spacial score (nSPS) is 18.8. The standard InChI is InChI=1S/C12H17NO/c1-12(2)8-13-7-9-5-4-6-10(14-3)11(9)12/h4-6,13H,7-8H2,1-3H3. The van der Waals surface area contributed by atoms with Gasteiger partial charge >= 0.3 is 0 Å². The predicted molar refractivity (Wildman–Crippen MR) is 57.7 cm³/mol. The quantitative estimate of drug-likeness (QED) is 0.733. The summed E-state index contributed by atoms with van der Waals surface area (Å²) in [6.07, 6.45) is 0. The molecule has 1 aliphatic rings. The molecular weight excluding hydrogens is 174 g/mol. The SMILES string of the molecule is COc1cccc2c1C(C)(C)CNC2. The third kappa shape index (κ3) is 1.40. The van der Waals surface area contributed by atoms with Gasteiger partial charge in [0.1, 0.15) is 5.75 Å². The molecule has 2 rings (SSSR count). The van der Waals surface area contributed by atoms with Crippen molar-refractivity contribution in [1.29, 1.82) is 0 Å². The maximum absolute atomic E-state index is 5.42. The molecule has 0 unspecified atom stereocenters. The summed E-state index contributed by atoms with van der Waals surface area (Å²) in [5.74, 6) is 1.02. The van der Waals surface area contributed by atoms with Crippen LogP contribution in [0.5, 0.6) is 5.75 Å². The molecule has 0 aliphatic carbocycles. The number of benzene rings is 1. The fourth-order valence-corrected chi connectivity index (χ4v) is 2.26. The Morgan fingerprint density at radius 2 is 2.14 bits per heavy atom. The minimum atomic E-state index is 0.167. The summed E-state index contributed by atoms with van der Waals surface area (Å²) in [4.78, 5) is 0. The molecule has 2 nitrogen and oxygen atoms in total. The molecule has 0 saturated carbocycles. The van der Waals surface area contributed by atoms with Gasteiger partial charge in [-0.05, 0) is 11.6 Å². The first kappa shape index (κ1) is 9.53. The fraction of sp³-hybridized carbons (Fsp3) is 0.500. The van der Waals surface area contributed by atoms with Crippen LogP contribution in [-0.2, 0) is 12.0 Å². The highest BCUT2D eigenvalue weighted by molar-refractivity contribution is 5.46. The number of methoxy groups -OCH3 is 1. The van der Waals surface area contributed by atoms with Crippen LogP contribution in [0.25, 0.3) is 0 Å². The van der Waals surface area contributed by atoms with E-state index in [0.29, 0.717) is 0 Å². The second kappa shape index (κ2) is 3.28. The van der Waals surface area contributed by atoms with Crippen LogP contribution in [-0.4, -0.2) is 13.7 Å². The first-order chi connectivity index (χ1) is 6.65. The molecule has 2 heteroatoms. The second-order valence-electron chi connectivity index (χ2n) is 4.48. The summed E-state index contributed by atoms with van der Waals surface area (Å²) in [5, 5.41) is 3.43. The highest BCUT2D eigenvalue weighted by atomic mass is 16.5. The maximum atomic E-state index is 5.42. The van der Waals surface area contributed by atoms with Crippen molar-refractivity contribution in [3.8, 4) is 5.75 Å². The Bertz CT molecular complexity index is 330. The third-order valence-corrected chi connectivity index (χ3v) is 2.89. The van der Waals surface area contributed by atoms with Gasteiger partial charge in [0, 0.05) is 24.1 Å². The van der Waals surface area contributed by atoms with E-state index in [2.05, 4.69) is 31.3 Å². The molecule has 1 N–H and O–H groups in total. The minimum absolute atomic E-state index is 0.167. The highest BCUT2D eigenvalue weighted by Crippen LogP contribution is 2.36. The van der Waals surface area contributed by atoms with Crippen LogP contribution in [0.15, 0.2) is 18.2 Å². The maximum Gasteiger partial charge on any atom is 0.122 e. The molecule has 14 heavy (non-hydrogen) atoms. The highest BCUT2D eigenvalue weighted by Gasteiger charge is 2.30. The molecule has 0 saturated heterocycles. The Balaban J connectivity index is 2.58. The lowest BCUT2D eigenvalue weighted by atomic mass is 9.78. The van der Waals surface area contributed by atoms with E-state index < -0.39 is 0 Å². The van der Waals surface area contributed by atoms with Crippen molar-refractivity contribution in [2.75, 3.05) is 13.7 Å². The molecule has 1 aromatic carbocycles. The second-order valence-corrected chi connectivity index (χ2v) is 4.48. The third-order valence-electron chi connectivity index (χ3n) is 2.89. The monoisotopic (exact) mass is 191 g/mol. The summed E-state index contributed by atoms with van der Waals surface area (Å²) in [6, 6.07) is 6.28. The molecular formula is C12H17NO. The average molecular weight is 191 g/mol. The van der Waals surface area contributed by atoms with Crippen molar-refractivity contribution in [2.24, 2.45) is 0 Å². The van der Waals surface area contributed by atoms with E-state index in [1.54, 1.807) is 7.11 Å². The molecule has 0 amide bonds. The molecule has 0 radical (unpaired) electrons. The van der Waals surface area contributed by atoms with Crippen LogP contribution in [0.1, 0.15) is 25.0 Å². The molecule has 1 aromatic rings. The summed E-state index contributed by atoms with van der Waals surface area (Å²) in [5.41, 5.74) is 2.89. The van der Waals surface area contributed by atoms with Crippen LogP contribution in [0.3, 0.4) is 0 Å². The summed E-state index contributed by atoms with van der Waals surface area (Å²) >= 11 is 0. The Kier molecular flexibility index (Phi) is 2.23. The number of hydrogen-bond donors (Lipinski definition) is 1. The predicted octanol–water partition coefficient (Wildman–Crippen LogP) is 2.08. The Labute approximate surface area is 85.3 Å². The molecule has 1 aliphatic heterocycles. The van der Waals surface area contributed by atoms with E-state index in [0.717, 1.165) is 18.8 Å². The van der Waals surface area contributed by atoms with Gasteiger partial charge in [-0.1, -0.05) is 26.0 Å². The van der Waals surface area contributed by atoms with Crippen molar-refractivity contribution in [2.45, 2.75) is 25.8 Å². The van der Waals surface area contributed by atoms with Crippen LogP contribution in [0.2, 0.25) is 0 Å². The van der Waals surface area contributed by atoms with Crippen molar-refractivity contribution < 1.29 is 4.74 Å². The first-order valence-electron chi connectivity index (χ1n) is 5.02. The number of fused-ring (bicyclic) bond motifs is 1. The molecule has 1 heterocycles. The summed E-state index contributed by atoms with van der Waals surface area (Å²) in [7, 11) is 1.74. The largest absolute Gasteiger partial charge is 0.496 e. The molecule has 0 aromatic heterocycles. The van der Waals surface area contributed by atoms with Gasteiger partial charge < -0.3 is 10.1 Å². The minimum Gasteiger partial charge on any atom is -0.496 e. The number of nitrogens with one attached hydrogen (secondary N) is 1. The van der Waals surface area contributed by atoms with Crippen molar-refractivity contribution >= 4 is 0 Å². The Morgan fingerprint density at radius 3 is 2.86 bits per heavy atom. The molecule has 76 valence electrons. The van der Waals surface area contributed by atoms with Gasteiger partial charge in [-0.25, -0.2) is 0 Å². The zero-order valence-corrected chi connectivity index (χ0v) is 9.05. The van der Waals surface area contributed by atoms with Gasteiger partial charge in [0.25, 0.3) is 0 Å². The van der Waals surface area contributed by atoms with Gasteiger partial charge in [0.15, 0.2) is 0 Å². The topological polar surface area (TPSA) is 21.3 Å². The van der Waals surface area contributed by atoms with E-state index in [1.807, 2.05) is 6.07 Å². The van der Waals surface area contributed by atoms with Gasteiger partial charge in [-0.2, -0.15) is 0 Å². The molecule has 0 fully saturated rings. The van der Waals surface area contributed by atoms with Crippen LogP contribution in [0, 0.1) is 0 Å². The summed E-state index contributed by atoms with van der Waals surface area (Å²) in [6.45, 7) is 6.47. The van der Waals surface area contributed by atoms with E-state index in [9.17, 15) is 0 Å². The van der Waals surface area contributed by atoms with E-state index >= 15 is 0 Å². The number of hydrogen-bond acceptors (Lipinski definition) is 2. The van der Waals surface area contributed by atoms with E-state index in [1.165, 1.54) is 11.1 Å². The summed E-state index contributed by atoms with van der Waals surface area (Å²) < 4.78 is 5.42. The lowest BCUT2D eigenvalue weighted by molar-refractivity contribution is 0.371. The average Bonchev–Trinajstić information content (AvgIpc) is 2.16. The van der Waals surface area contributed by atoms with Gasteiger partial charge in [-0.15, -0.1) is 0 Å².